The Labute approximate surface area is 116 Å². The lowest BCUT2D eigenvalue weighted by Crippen LogP contribution is -2.52. The van der Waals surface area contributed by atoms with Gasteiger partial charge in [0, 0.05) is 30.6 Å². The van der Waals surface area contributed by atoms with Crippen LogP contribution in [0, 0.1) is 13.8 Å². The number of imide groups is 1. The summed E-state index contributed by atoms with van der Waals surface area (Å²) in [6, 6.07) is -0.347. The molecule has 3 rings (SSSR count). The standard InChI is InChI=1S/C13H16N4O3/c1-7-10-5-9(20-12(10)16-8(2)15-7)6-17-11(18)3-4-14-13(17)19/h9H,3-6H2,1-2H3,(H,14,19). The molecule has 7 nitrogen and oxygen atoms in total. The number of nitrogens with one attached hydrogen (secondary N) is 1. The molecular formula is C13H16N4O3. The van der Waals surface area contributed by atoms with Crippen LogP contribution >= 0.6 is 0 Å². The smallest absolute Gasteiger partial charge is 0.324 e. The zero-order chi connectivity index (χ0) is 14.3. The molecule has 1 aromatic rings. The maximum atomic E-state index is 11.8. The molecule has 0 bridgehead atoms. The van der Waals surface area contributed by atoms with E-state index >= 15 is 0 Å². The number of carbonyl (C=O) groups is 2. The third-order valence-electron chi connectivity index (χ3n) is 3.55. The summed E-state index contributed by atoms with van der Waals surface area (Å²) >= 11 is 0. The fraction of sp³-hybridized carbons (Fsp3) is 0.538. The summed E-state index contributed by atoms with van der Waals surface area (Å²) in [5, 5.41) is 2.66. The molecule has 0 aliphatic carbocycles. The van der Waals surface area contributed by atoms with E-state index in [9.17, 15) is 9.59 Å². The predicted octanol–water partition coefficient (Wildman–Crippen LogP) is 0.339. The average molecular weight is 276 g/mol. The molecule has 2 aliphatic rings. The second-order valence-electron chi connectivity index (χ2n) is 5.07. The minimum Gasteiger partial charge on any atom is -0.472 e. The maximum Gasteiger partial charge on any atom is 0.324 e. The van der Waals surface area contributed by atoms with Crippen LogP contribution in [0.4, 0.5) is 4.79 Å². The molecule has 1 aromatic heterocycles. The van der Waals surface area contributed by atoms with E-state index in [2.05, 4.69) is 15.3 Å². The van der Waals surface area contributed by atoms with E-state index in [1.165, 1.54) is 4.90 Å². The van der Waals surface area contributed by atoms with Gasteiger partial charge in [0.05, 0.1) is 6.54 Å². The first-order valence-corrected chi connectivity index (χ1v) is 6.63. The van der Waals surface area contributed by atoms with Crippen molar-refractivity contribution in [2.75, 3.05) is 13.1 Å². The summed E-state index contributed by atoms with van der Waals surface area (Å²) in [7, 11) is 0. The minimum absolute atomic E-state index is 0.160. The number of aryl methyl sites for hydroxylation is 2. The number of aromatic nitrogens is 2. The van der Waals surface area contributed by atoms with Gasteiger partial charge >= 0.3 is 6.03 Å². The first-order valence-electron chi connectivity index (χ1n) is 6.63. The van der Waals surface area contributed by atoms with Crippen LogP contribution in [0.15, 0.2) is 0 Å². The zero-order valence-corrected chi connectivity index (χ0v) is 11.5. The van der Waals surface area contributed by atoms with E-state index in [1.54, 1.807) is 0 Å². The lowest BCUT2D eigenvalue weighted by molar-refractivity contribution is -0.130. The van der Waals surface area contributed by atoms with Gasteiger partial charge in [0.1, 0.15) is 11.9 Å². The molecule has 20 heavy (non-hydrogen) atoms. The van der Waals surface area contributed by atoms with Crippen molar-refractivity contribution in [1.82, 2.24) is 20.2 Å². The van der Waals surface area contributed by atoms with Crippen LogP contribution in [-0.2, 0) is 11.2 Å². The Balaban J connectivity index is 1.74. The van der Waals surface area contributed by atoms with Crippen LogP contribution < -0.4 is 10.1 Å². The third-order valence-corrected chi connectivity index (χ3v) is 3.55. The highest BCUT2D eigenvalue weighted by molar-refractivity contribution is 5.96. The van der Waals surface area contributed by atoms with Crippen LogP contribution in [0.25, 0.3) is 0 Å². The van der Waals surface area contributed by atoms with Crippen molar-refractivity contribution in [3.63, 3.8) is 0 Å². The summed E-state index contributed by atoms with van der Waals surface area (Å²) in [4.78, 5) is 33.2. The lowest BCUT2D eigenvalue weighted by atomic mass is 10.1. The predicted molar refractivity (Wildman–Crippen MR) is 69.4 cm³/mol. The van der Waals surface area contributed by atoms with Crippen molar-refractivity contribution in [3.8, 4) is 5.88 Å². The SMILES string of the molecule is Cc1nc(C)c2c(n1)OC(CN1C(=O)CCNC1=O)C2. The quantitative estimate of drug-likeness (QED) is 0.842. The van der Waals surface area contributed by atoms with Gasteiger partial charge in [0.15, 0.2) is 0 Å². The van der Waals surface area contributed by atoms with Crippen LogP contribution in [0.1, 0.15) is 23.5 Å². The van der Waals surface area contributed by atoms with Gasteiger partial charge < -0.3 is 10.1 Å². The summed E-state index contributed by atoms with van der Waals surface area (Å²) < 4.78 is 5.74. The number of hydrogen-bond donors (Lipinski definition) is 1. The van der Waals surface area contributed by atoms with Crippen molar-refractivity contribution >= 4 is 11.9 Å². The highest BCUT2D eigenvalue weighted by Crippen LogP contribution is 2.29. The molecule has 0 spiro atoms. The van der Waals surface area contributed by atoms with E-state index in [4.69, 9.17) is 4.74 Å². The lowest BCUT2D eigenvalue weighted by Gasteiger charge is -2.27. The van der Waals surface area contributed by atoms with Gasteiger partial charge in [0.25, 0.3) is 0 Å². The van der Waals surface area contributed by atoms with Crippen molar-refractivity contribution < 1.29 is 14.3 Å². The summed E-state index contributed by atoms with van der Waals surface area (Å²) in [6.07, 6.45) is 0.717. The van der Waals surface area contributed by atoms with Gasteiger partial charge in [-0.3, -0.25) is 9.69 Å². The van der Waals surface area contributed by atoms with Gasteiger partial charge in [-0.2, -0.15) is 4.98 Å². The summed E-state index contributed by atoms with van der Waals surface area (Å²) in [5.41, 5.74) is 1.86. The molecule has 106 valence electrons. The summed E-state index contributed by atoms with van der Waals surface area (Å²) in [6.45, 7) is 4.38. The minimum atomic E-state index is -0.347. The monoisotopic (exact) mass is 276 g/mol. The number of hydrogen-bond acceptors (Lipinski definition) is 5. The van der Waals surface area contributed by atoms with E-state index in [0.29, 0.717) is 31.1 Å². The number of fused-ring (bicyclic) bond motifs is 1. The van der Waals surface area contributed by atoms with Crippen LogP contribution in [-0.4, -0.2) is 46.0 Å². The van der Waals surface area contributed by atoms with E-state index in [-0.39, 0.29) is 24.6 Å². The fourth-order valence-corrected chi connectivity index (χ4v) is 2.57. The van der Waals surface area contributed by atoms with Gasteiger partial charge in [0.2, 0.25) is 11.8 Å². The van der Waals surface area contributed by atoms with Gasteiger partial charge in [-0.25, -0.2) is 9.78 Å². The number of rotatable bonds is 2. The van der Waals surface area contributed by atoms with E-state index in [0.717, 1.165) is 11.3 Å². The molecule has 0 saturated carbocycles. The van der Waals surface area contributed by atoms with Gasteiger partial charge in [-0.05, 0) is 13.8 Å². The molecule has 7 heteroatoms. The topological polar surface area (TPSA) is 84.4 Å². The van der Waals surface area contributed by atoms with Crippen molar-refractivity contribution in [3.05, 3.63) is 17.1 Å². The third kappa shape index (κ3) is 2.19. The van der Waals surface area contributed by atoms with Crippen molar-refractivity contribution in [2.24, 2.45) is 0 Å². The molecule has 1 saturated heterocycles. The molecule has 1 unspecified atom stereocenters. The second-order valence-corrected chi connectivity index (χ2v) is 5.07. The Bertz CT molecular complexity index is 571. The Hall–Kier alpha value is -2.18. The van der Waals surface area contributed by atoms with Crippen molar-refractivity contribution in [1.29, 1.82) is 0 Å². The Morgan fingerprint density at radius 1 is 1.35 bits per heavy atom. The molecule has 0 aromatic carbocycles. The zero-order valence-electron chi connectivity index (χ0n) is 11.5. The maximum absolute atomic E-state index is 11.8. The van der Waals surface area contributed by atoms with Crippen LogP contribution in [0.3, 0.4) is 0 Å². The summed E-state index contributed by atoms with van der Waals surface area (Å²) in [5.74, 6) is 1.07. The highest BCUT2D eigenvalue weighted by Gasteiger charge is 2.33. The number of ether oxygens (including phenoxy) is 1. The fourth-order valence-electron chi connectivity index (χ4n) is 2.57. The van der Waals surface area contributed by atoms with Crippen molar-refractivity contribution in [2.45, 2.75) is 32.8 Å². The van der Waals surface area contributed by atoms with Crippen LogP contribution in [0.2, 0.25) is 0 Å². The van der Waals surface area contributed by atoms with E-state index in [1.807, 2.05) is 13.8 Å². The average Bonchev–Trinajstić information content (AvgIpc) is 2.77. The molecule has 0 radical (unpaired) electrons. The molecule has 1 N–H and O–H groups in total. The first-order chi connectivity index (χ1) is 9.54. The molecule has 1 fully saturated rings. The number of urea groups is 1. The van der Waals surface area contributed by atoms with E-state index < -0.39 is 0 Å². The molecule has 2 aliphatic heterocycles. The molecule has 1 atom stereocenters. The van der Waals surface area contributed by atoms with Crippen LogP contribution in [0.5, 0.6) is 5.88 Å². The van der Waals surface area contributed by atoms with Gasteiger partial charge in [-0.1, -0.05) is 0 Å². The van der Waals surface area contributed by atoms with Gasteiger partial charge in [-0.15, -0.1) is 0 Å². The first kappa shape index (κ1) is 12.8. The molecule has 3 heterocycles. The Morgan fingerprint density at radius 3 is 2.90 bits per heavy atom. The Kier molecular flexibility index (Phi) is 3.04. The molecular weight excluding hydrogens is 260 g/mol. The largest absolute Gasteiger partial charge is 0.472 e. The molecule has 3 amide bonds. The Morgan fingerprint density at radius 2 is 2.15 bits per heavy atom. The number of amides is 3. The second kappa shape index (κ2) is 4.73. The highest BCUT2D eigenvalue weighted by atomic mass is 16.5. The number of carbonyl (C=O) groups excluding carboxylic acids is 2. The normalized spacial score (nSPS) is 21.5. The number of nitrogens with zero attached hydrogens (tertiary/aromatic N) is 3.